The minimum atomic E-state index is -0.389. The van der Waals surface area contributed by atoms with E-state index < -0.39 is 0 Å². The molecular weight excluding hydrogens is 358 g/mol. The van der Waals surface area contributed by atoms with Crippen LogP contribution in [0.2, 0.25) is 0 Å². The summed E-state index contributed by atoms with van der Waals surface area (Å²) in [5.74, 6) is 4.03. The Morgan fingerprint density at radius 2 is 1.86 bits per heavy atom. The topological polar surface area (TPSA) is 82.6 Å². The summed E-state index contributed by atoms with van der Waals surface area (Å²) in [6.07, 6.45) is 1.46. The van der Waals surface area contributed by atoms with Gasteiger partial charge in [-0.25, -0.2) is 0 Å². The number of non-ortho nitro benzene ring substituents is 1. The van der Waals surface area contributed by atoms with Crippen LogP contribution in [-0.2, 0) is 11.8 Å². The first-order valence-corrected chi connectivity index (χ1v) is 9.25. The zero-order valence-corrected chi connectivity index (χ0v) is 15.9. The zero-order chi connectivity index (χ0) is 19.6. The van der Waals surface area contributed by atoms with Gasteiger partial charge < -0.3 is 13.3 Å². The fourth-order valence-electron chi connectivity index (χ4n) is 4.27. The van der Waals surface area contributed by atoms with Crippen LogP contribution in [0.15, 0.2) is 49.6 Å². The molecule has 5 rings (SSSR count). The third kappa shape index (κ3) is 2.27. The molecule has 6 nitrogen and oxygen atoms in total. The second kappa shape index (κ2) is 5.61. The molecule has 0 saturated heterocycles. The van der Waals surface area contributed by atoms with Crippen molar-refractivity contribution in [2.45, 2.75) is 39.0 Å². The third-order valence-electron chi connectivity index (χ3n) is 5.77. The van der Waals surface area contributed by atoms with Gasteiger partial charge in [-0.05, 0) is 51.5 Å². The fourth-order valence-corrected chi connectivity index (χ4v) is 4.27. The molecule has 28 heavy (non-hydrogen) atoms. The maximum absolute atomic E-state index is 11.3. The van der Waals surface area contributed by atoms with Crippen molar-refractivity contribution in [2.24, 2.45) is 0 Å². The predicted molar refractivity (Wildman–Crippen MR) is 104 cm³/mol. The number of aryl methyl sites for hydroxylation is 3. The van der Waals surface area contributed by atoms with E-state index in [1.54, 1.807) is 12.1 Å². The van der Waals surface area contributed by atoms with Gasteiger partial charge in [0.2, 0.25) is 0 Å². The van der Waals surface area contributed by atoms with Crippen molar-refractivity contribution in [3.05, 3.63) is 75.1 Å². The lowest BCUT2D eigenvalue weighted by atomic mass is 9.77. The Bertz CT molecular complexity index is 1240. The second-order valence-electron chi connectivity index (χ2n) is 7.68. The Morgan fingerprint density at radius 3 is 2.57 bits per heavy atom. The highest BCUT2D eigenvalue weighted by Gasteiger charge is 2.41. The number of rotatable bonds is 2. The Kier molecular flexibility index (Phi) is 3.38. The normalized spacial score (nSPS) is 18.7. The molecule has 0 spiro atoms. The van der Waals surface area contributed by atoms with Crippen LogP contribution in [0, 0.1) is 24.0 Å². The van der Waals surface area contributed by atoms with Crippen LogP contribution in [-0.4, -0.2) is 4.92 Å². The molecule has 0 amide bonds. The molecule has 0 radical (unpaired) electrons. The number of nitro benzene ring substituents is 1. The fraction of sp³-hybridized carbons (Fsp3) is 0.273. The molecule has 0 bridgehead atoms. The monoisotopic (exact) mass is 377 g/mol. The highest BCUT2D eigenvalue weighted by atomic mass is 16.6. The summed E-state index contributed by atoms with van der Waals surface area (Å²) >= 11 is 0. The third-order valence-corrected chi connectivity index (χ3v) is 5.77. The van der Waals surface area contributed by atoms with Crippen molar-refractivity contribution >= 4 is 16.7 Å². The average Bonchev–Trinajstić information content (AvgIpc) is 3.33. The van der Waals surface area contributed by atoms with Crippen molar-refractivity contribution in [3.63, 3.8) is 0 Å². The molecule has 0 fully saturated rings. The molecule has 1 aliphatic rings. The molecule has 3 aromatic heterocycles. The smallest absolute Gasteiger partial charge is 0.270 e. The van der Waals surface area contributed by atoms with Crippen LogP contribution < -0.4 is 0 Å². The molecular formula is C22H19NO5. The van der Waals surface area contributed by atoms with E-state index in [4.69, 9.17) is 13.3 Å². The number of nitrogens with zero attached hydrogens (tertiary/aromatic N) is 1. The SMILES string of the molecule is Cc1ccc(C2(C)CCc3oc4ccc([N+](=O)[O-])cc4c3-c3oc(C)cc32)o1. The molecule has 6 heteroatoms. The van der Waals surface area contributed by atoms with Gasteiger partial charge in [-0.2, -0.15) is 0 Å². The van der Waals surface area contributed by atoms with Gasteiger partial charge in [-0.1, -0.05) is 0 Å². The van der Waals surface area contributed by atoms with Crippen LogP contribution in [0.4, 0.5) is 5.69 Å². The first kappa shape index (κ1) is 16.9. The maximum atomic E-state index is 11.3. The van der Waals surface area contributed by atoms with Crippen molar-refractivity contribution in [2.75, 3.05) is 0 Å². The van der Waals surface area contributed by atoms with E-state index in [0.717, 1.165) is 40.6 Å². The van der Waals surface area contributed by atoms with Crippen molar-refractivity contribution in [1.29, 1.82) is 0 Å². The first-order chi connectivity index (χ1) is 13.4. The minimum absolute atomic E-state index is 0.0367. The Hall–Kier alpha value is -3.28. The van der Waals surface area contributed by atoms with Gasteiger partial charge in [0.05, 0.1) is 15.9 Å². The van der Waals surface area contributed by atoms with Crippen LogP contribution in [0.5, 0.6) is 0 Å². The highest BCUT2D eigenvalue weighted by Crippen LogP contribution is 2.50. The van der Waals surface area contributed by atoms with Crippen molar-refractivity contribution in [1.82, 2.24) is 0 Å². The minimum Gasteiger partial charge on any atom is -0.465 e. The molecule has 1 unspecified atom stereocenters. The lowest BCUT2D eigenvalue weighted by Gasteiger charge is -2.25. The summed E-state index contributed by atoms with van der Waals surface area (Å²) < 4.78 is 18.2. The van der Waals surface area contributed by atoms with E-state index in [2.05, 4.69) is 6.92 Å². The zero-order valence-electron chi connectivity index (χ0n) is 15.9. The van der Waals surface area contributed by atoms with Crippen molar-refractivity contribution in [3.8, 4) is 11.3 Å². The van der Waals surface area contributed by atoms with E-state index in [0.29, 0.717) is 23.2 Å². The lowest BCUT2D eigenvalue weighted by molar-refractivity contribution is -0.384. The second-order valence-corrected chi connectivity index (χ2v) is 7.68. The van der Waals surface area contributed by atoms with Crippen LogP contribution in [0.3, 0.4) is 0 Å². The number of hydrogen-bond acceptors (Lipinski definition) is 5. The Balaban J connectivity index is 1.80. The van der Waals surface area contributed by atoms with Gasteiger partial charge in [0.1, 0.15) is 34.4 Å². The number of furan rings is 3. The molecule has 142 valence electrons. The molecule has 0 aliphatic heterocycles. The van der Waals surface area contributed by atoms with Gasteiger partial charge in [0.25, 0.3) is 5.69 Å². The standard InChI is InChI=1S/C22H19NO5/c1-12-4-7-19(26-12)22(3)9-8-18-20(21-16(22)10-13(2)27-21)15-11-14(23(24)25)5-6-17(15)28-18/h4-7,10-11H,8-9H2,1-3H3. The Morgan fingerprint density at radius 1 is 1.04 bits per heavy atom. The van der Waals surface area contributed by atoms with Crippen LogP contribution in [0.25, 0.3) is 22.3 Å². The first-order valence-electron chi connectivity index (χ1n) is 9.25. The molecule has 0 N–H and O–H groups in total. The number of fused-ring (bicyclic) bond motifs is 5. The summed E-state index contributed by atoms with van der Waals surface area (Å²) in [6, 6.07) is 10.7. The largest absolute Gasteiger partial charge is 0.465 e. The summed E-state index contributed by atoms with van der Waals surface area (Å²) in [4.78, 5) is 10.9. The lowest BCUT2D eigenvalue weighted by Crippen LogP contribution is -2.23. The van der Waals surface area contributed by atoms with Gasteiger partial charge in [-0.3, -0.25) is 10.1 Å². The van der Waals surface area contributed by atoms with Gasteiger partial charge in [0.15, 0.2) is 0 Å². The van der Waals surface area contributed by atoms with Gasteiger partial charge in [0, 0.05) is 29.5 Å². The molecule has 4 aromatic rings. The summed E-state index contributed by atoms with van der Waals surface area (Å²) in [5.41, 5.74) is 2.12. The highest BCUT2D eigenvalue weighted by molar-refractivity contribution is 5.97. The predicted octanol–water partition coefficient (Wildman–Crippen LogP) is 6.06. The number of hydrogen-bond donors (Lipinski definition) is 0. The summed E-state index contributed by atoms with van der Waals surface area (Å²) in [7, 11) is 0. The Labute approximate surface area is 160 Å². The molecule has 1 aliphatic carbocycles. The average molecular weight is 377 g/mol. The van der Waals surface area contributed by atoms with E-state index in [1.165, 1.54) is 6.07 Å². The van der Waals surface area contributed by atoms with E-state index in [1.807, 2.05) is 32.0 Å². The van der Waals surface area contributed by atoms with Gasteiger partial charge in [-0.15, -0.1) is 0 Å². The molecule has 1 atom stereocenters. The van der Waals surface area contributed by atoms with E-state index in [-0.39, 0.29) is 16.0 Å². The molecule has 3 heterocycles. The van der Waals surface area contributed by atoms with E-state index >= 15 is 0 Å². The number of benzene rings is 1. The molecule has 1 aromatic carbocycles. The maximum Gasteiger partial charge on any atom is 0.270 e. The van der Waals surface area contributed by atoms with E-state index in [9.17, 15) is 10.1 Å². The molecule has 0 saturated carbocycles. The van der Waals surface area contributed by atoms with Crippen molar-refractivity contribution < 1.29 is 18.2 Å². The van der Waals surface area contributed by atoms with Crippen LogP contribution >= 0.6 is 0 Å². The quantitative estimate of drug-likeness (QED) is 0.313. The van der Waals surface area contributed by atoms with Crippen LogP contribution in [0.1, 0.15) is 41.9 Å². The number of nitro groups is 1. The van der Waals surface area contributed by atoms with Gasteiger partial charge >= 0.3 is 0 Å². The summed E-state index contributed by atoms with van der Waals surface area (Å²) in [6.45, 7) is 5.99. The summed E-state index contributed by atoms with van der Waals surface area (Å²) in [5, 5.41) is 12.0.